The second-order valence-electron chi connectivity index (χ2n) is 15.0. The molecule has 6 nitrogen and oxygen atoms in total. The largest absolute Gasteiger partial charge is 0.466 e. The number of aliphatic hydroxyl groups is 1. The van der Waals surface area contributed by atoms with E-state index in [2.05, 4.69) is 25.7 Å². The van der Waals surface area contributed by atoms with E-state index in [4.69, 9.17) is 9.47 Å². The molecule has 0 amide bonds. The van der Waals surface area contributed by atoms with Crippen LogP contribution in [0.15, 0.2) is 0 Å². The van der Waals surface area contributed by atoms with Crippen molar-refractivity contribution in [3.05, 3.63) is 0 Å². The van der Waals surface area contributed by atoms with E-state index in [0.29, 0.717) is 25.6 Å². The Labute approximate surface area is 305 Å². The third-order valence-corrected chi connectivity index (χ3v) is 10.2. The predicted octanol–water partition coefficient (Wildman–Crippen LogP) is 12.0. The van der Waals surface area contributed by atoms with Crippen LogP contribution in [0.2, 0.25) is 0 Å². The zero-order valence-corrected chi connectivity index (χ0v) is 33.4. The van der Waals surface area contributed by atoms with E-state index in [-0.39, 0.29) is 24.5 Å². The Morgan fingerprint density at radius 3 is 1.55 bits per heavy atom. The fourth-order valence-electron chi connectivity index (χ4n) is 6.81. The second kappa shape index (κ2) is 38.1. The lowest BCUT2D eigenvalue weighted by Crippen LogP contribution is -2.29. The topological polar surface area (TPSA) is 76.1 Å². The minimum atomic E-state index is -0.0275. The summed E-state index contributed by atoms with van der Waals surface area (Å²) in [4.78, 5) is 27.0. The lowest BCUT2D eigenvalue weighted by molar-refractivity contribution is -0.148. The summed E-state index contributed by atoms with van der Waals surface area (Å²) in [5, 5.41) is 9.53. The molecule has 0 rings (SSSR count). The Kier molecular flexibility index (Phi) is 37.2. The summed E-state index contributed by atoms with van der Waals surface area (Å²) in [5.74, 6) is 0.661. The first-order valence-electron chi connectivity index (χ1n) is 21.6. The highest BCUT2D eigenvalue weighted by molar-refractivity contribution is 5.71. The van der Waals surface area contributed by atoms with Crippen molar-refractivity contribution in [2.24, 2.45) is 11.8 Å². The maximum absolute atomic E-state index is 12.3. The molecular weight excluding hydrogens is 610 g/mol. The van der Waals surface area contributed by atoms with Crippen molar-refractivity contribution >= 4 is 11.9 Å². The molecular formula is C43H85NO5. The Morgan fingerprint density at radius 1 is 0.510 bits per heavy atom. The monoisotopic (exact) mass is 696 g/mol. The van der Waals surface area contributed by atoms with Crippen LogP contribution >= 0.6 is 0 Å². The quantitative estimate of drug-likeness (QED) is 0.0509. The number of esters is 2. The SMILES string of the molecule is CCCCCCCCCOC(=O)C(C)CCCCCCN(CCO)CCCCCCCC(=O)OCCC(CCCCCC)CCCCCC. The van der Waals surface area contributed by atoms with Crippen LogP contribution in [0.4, 0.5) is 0 Å². The number of hydrogen-bond donors (Lipinski definition) is 1. The molecule has 1 unspecified atom stereocenters. The van der Waals surface area contributed by atoms with Gasteiger partial charge in [-0.05, 0) is 57.5 Å². The number of hydrogen-bond acceptors (Lipinski definition) is 6. The van der Waals surface area contributed by atoms with Crippen LogP contribution in [-0.4, -0.2) is 61.4 Å². The molecule has 0 radical (unpaired) electrons. The standard InChI is InChI=1S/C43H85NO5/c1-5-8-11-14-15-21-28-38-49-43(47)40(4)29-22-18-20-27-35-44(36-37-45)34-26-19-16-17-25-32-42(46)48-39-33-41(30-23-12-9-6-2)31-24-13-10-7-3/h40-41,45H,5-39H2,1-4H3. The van der Waals surface area contributed by atoms with Gasteiger partial charge in [-0.25, -0.2) is 0 Å². The van der Waals surface area contributed by atoms with Gasteiger partial charge in [0.05, 0.1) is 25.7 Å². The third-order valence-electron chi connectivity index (χ3n) is 10.2. The van der Waals surface area contributed by atoms with Gasteiger partial charge in [0.25, 0.3) is 0 Å². The van der Waals surface area contributed by atoms with E-state index in [1.165, 1.54) is 103 Å². The maximum Gasteiger partial charge on any atom is 0.308 e. The first-order chi connectivity index (χ1) is 24.0. The first kappa shape index (κ1) is 47.9. The van der Waals surface area contributed by atoms with Crippen LogP contribution in [-0.2, 0) is 19.1 Å². The molecule has 6 heteroatoms. The van der Waals surface area contributed by atoms with Crippen molar-refractivity contribution in [3.8, 4) is 0 Å². The van der Waals surface area contributed by atoms with Crippen molar-refractivity contribution in [1.82, 2.24) is 4.90 Å². The van der Waals surface area contributed by atoms with Crippen LogP contribution in [0.25, 0.3) is 0 Å². The van der Waals surface area contributed by atoms with Gasteiger partial charge in [0.2, 0.25) is 0 Å². The zero-order chi connectivity index (χ0) is 36.0. The van der Waals surface area contributed by atoms with Gasteiger partial charge in [-0.15, -0.1) is 0 Å². The molecule has 0 aliphatic heterocycles. The number of ether oxygens (including phenoxy) is 2. The van der Waals surface area contributed by atoms with Crippen molar-refractivity contribution in [2.75, 3.05) is 39.5 Å². The number of carbonyl (C=O) groups is 2. The van der Waals surface area contributed by atoms with Crippen LogP contribution < -0.4 is 0 Å². The molecule has 0 aliphatic rings. The molecule has 1 N–H and O–H groups in total. The van der Waals surface area contributed by atoms with Crippen molar-refractivity contribution in [1.29, 1.82) is 0 Å². The fourth-order valence-corrected chi connectivity index (χ4v) is 6.81. The van der Waals surface area contributed by atoms with E-state index in [0.717, 1.165) is 96.7 Å². The van der Waals surface area contributed by atoms with E-state index in [1.54, 1.807) is 0 Å². The Bertz CT molecular complexity index is 690. The van der Waals surface area contributed by atoms with Gasteiger partial charge in [0.1, 0.15) is 0 Å². The first-order valence-corrected chi connectivity index (χ1v) is 21.6. The number of carbonyl (C=O) groups excluding carboxylic acids is 2. The zero-order valence-electron chi connectivity index (χ0n) is 33.4. The molecule has 0 aromatic carbocycles. The van der Waals surface area contributed by atoms with Gasteiger partial charge in [-0.3, -0.25) is 9.59 Å². The summed E-state index contributed by atoms with van der Waals surface area (Å²) in [7, 11) is 0. The normalized spacial score (nSPS) is 12.2. The van der Waals surface area contributed by atoms with Gasteiger partial charge in [0.15, 0.2) is 0 Å². The number of nitrogens with zero attached hydrogens (tertiary/aromatic N) is 1. The average Bonchev–Trinajstić information content (AvgIpc) is 3.10. The summed E-state index contributed by atoms with van der Waals surface area (Å²) in [5.41, 5.74) is 0. The predicted molar refractivity (Wildman–Crippen MR) is 209 cm³/mol. The highest BCUT2D eigenvalue weighted by Crippen LogP contribution is 2.22. The van der Waals surface area contributed by atoms with Crippen LogP contribution in [0.1, 0.15) is 214 Å². The van der Waals surface area contributed by atoms with E-state index < -0.39 is 0 Å². The molecule has 0 bridgehead atoms. The number of aliphatic hydroxyl groups excluding tert-OH is 1. The summed E-state index contributed by atoms with van der Waals surface area (Å²) in [6.45, 7) is 13.0. The van der Waals surface area contributed by atoms with Gasteiger partial charge in [-0.2, -0.15) is 0 Å². The van der Waals surface area contributed by atoms with Crippen molar-refractivity contribution in [2.45, 2.75) is 214 Å². The highest BCUT2D eigenvalue weighted by Gasteiger charge is 2.14. The van der Waals surface area contributed by atoms with Crippen molar-refractivity contribution in [3.63, 3.8) is 0 Å². The number of unbranched alkanes of at least 4 members (excludes halogenated alkanes) is 19. The summed E-state index contributed by atoms with van der Waals surface area (Å²) >= 11 is 0. The molecule has 292 valence electrons. The molecule has 0 fully saturated rings. The smallest absolute Gasteiger partial charge is 0.308 e. The Morgan fingerprint density at radius 2 is 0.980 bits per heavy atom. The van der Waals surface area contributed by atoms with Crippen LogP contribution in [0.3, 0.4) is 0 Å². The molecule has 0 saturated carbocycles. The molecule has 1 atom stereocenters. The minimum absolute atomic E-state index is 0.00587. The summed E-state index contributed by atoms with van der Waals surface area (Å²) in [6, 6.07) is 0. The molecule has 0 aliphatic carbocycles. The molecule has 0 aromatic rings. The van der Waals surface area contributed by atoms with E-state index >= 15 is 0 Å². The van der Waals surface area contributed by atoms with Crippen LogP contribution in [0.5, 0.6) is 0 Å². The second-order valence-corrected chi connectivity index (χ2v) is 15.0. The lowest BCUT2D eigenvalue weighted by Gasteiger charge is -2.21. The van der Waals surface area contributed by atoms with Gasteiger partial charge in [-0.1, -0.05) is 169 Å². The number of rotatable bonds is 39. The lowest BCUT2D eigenvalue weighted by atomic mass is 9.92. The summed E-state index contributed by atoms with van der Waals surface area (Å²) in [6.07, 6.45) is 34.2. The Hall–Kier alpha value is -1.14. The average molecular weight is 696 g/mol. The maximum atomic E-state index is 12.3. The molecule has 49 heavy (non-hydrogen) atoms. The molecule has 0 saturated heterocycles. The fraction of sp³-hybridized carbons (Fsp3) is 0.953. The molecule has 0 aromatic heterocycles. The third kappa shape index (κ3) is 33.7. The van der Waals surface area contributed by atoms with Crippen LogP contribution in [0, 0.1) is 11.8 Å². The Balaban J connectivity index is 3.87. The molecule has 0 heterocycles. The van der Waals surface area contributed by atoms with Gasteiger partial charge >= 0.3 is 11.9 Å². The van der Waals surface area contributed by atoms with Gasteiger partial charge in [0, 0.05) is 13.0 Å². The highest BCUT2D eigenvalue weighted by atomic mass is 16.5. The van der Waals surface area contributed by atoms with E-state index in [9.17, 15) is 14.7 Å². The van der Waals surface area contributed by atoms with Gasteiger partial charge < -0.3 is 19.5 Å². The minimum Gasteiger partial charge on any atom is -0.466 e. The van der Waals surface area contributed by atoms with Crippen molar-refractivity contribution < 1.29 is 24.2 Å². The summed E-state index contributed by atoms with van der Waals surface area (Å²) < 4.78 is 11.1. The van der Waals surface area contributed by atoms with E-state index in [1.807, 2.05) is 6.92 Å². The molecule has 0 spiro atoms.